The number of carbonyl (C=O) groups is 1. The minimum Gasteiger partial charge on any atom is -0.341 e. The van der Waals surface area contributed by atoms with Gasteiger partial charge < -0.3 is 10.2 Å². The van der Waals surface area contributed by atoms with Crippen molar-refractivity contribution in [1.82, 2.24) is 20.0 Å². The summed E-state index contributed by atoms with van der Waals surface area (Å²) in [6.07, 6.45) is 6.51. The largest absolute Gasteiger partial charge is 0.341 e. The molecule has 134 valence electrons. The van der Waals surface area contributed by atoms with Crippen LogP contribution < -0.4 is 5.32 Å². The Morgan fingerprint density at radius 2 is 2.00 bits per heavy atom. The van der Waals surface area contributed by atoms with Crippen molar-refractivity contribution in [2.45, 2.75) is 25.3 Å². The number of likely N-dealkylation sites (tertiary alicyclic amines) is 1. The van der Waals surface area contributed by atoms with Crippen molar-refractivity contribution >= 4 is 5.91 Å². The molecular weight excluding hydrogens is 319 g/mol. The zero-order chi connectivity index (χ0) is 17.8. The van der Waals surface area contributed by atoms with Crippen LogP contribution >= 0.6 is 0 Å². The van der Waals surface area contributed by atoms with Crippen molar-refractivity contribution in [2.75, 3.05) is 20.1 Å². The van der Waals surface area contributed by atoms with Gasteiger partial charge in [0, 0.05) is 31.9 Å². The van der Waals surface area contributed by atoms with E-state index in [9.17, 15) is 9.18 Å². The molecule has 0 bridgehead atoms. The SMILES string of the molecule is CNC(C(=O)N1CCC(Cc2ccc(F)cc2)CC1)c1cnn(C)c1. The summed E-state index contributed by atoms with van der Waals surface area (Å²) in [4.78, 5) is 14.8. The molecule has 1 fully saturated rings. The lowest BCUT2D eigenvalue weighted by molar-refractivity contribution is -0.134. The molecule has 1 aromatic heterocycles. The van der Waals surface area contributed by atoms with E-state index in [4.69, 9.17) is 0 Å². The topological polar surface area (TPSA) is 50.2 Å². The number of hydrogen-bond donors (Lipinski definition) is 1. The first-order valence-electron chi connectivity index (χ1n) is 8.76. The van der Waals surface area contributed by atoms with Crippen molar-refractivity contribution < 1.29 is 9.18 Å². The number of aromatic nitrogens is 2. The quantitative estimate of drug-likeness (QED) is 0.905. The van der Waals surface area contributed by atoms with E-state index in [1.165, 1.54) is 12.1 Å². The fourth-order valence-electron chi connectivity index (χ4n) is 3.52. The van der Waals surface area contributed by atoms with Crippen molar-refractivity contribution in [3.63, 3.8) is 0 Å². The molecule has 0 spiro atoms. The molecule has 1 N–H and O–H groups in total. The first-order chi connectivity index (χ1) is 12.1. The number of likely N-dealkylation sites (N-methyl/N-ethyl adjacent to an activating group) is 1. The molecule has 1 unspecified atom stereocenters. The fraction of sp³-hybridized carbons (Fsp3) is 0.474. The van der Waals surface area contributed by atoms with Gasteiger partial charge in [-0.15, -0.1) is 0 Å². The van der Waals surface area contributed by atoms with Gasteiger partial charge in [-0.3, -0.25) is 9.48 Å². The molecule has 1 aliphatic rings. The molecule has 3 rings (SSSR count). The van der Waals surface area contributed by atoms with Crippen LogP contribution in [0.15, 0.2) is 36.7 Å². The van der Waals surface area contributed by atoms with E-state index in [0.29, 0.717) is 5.92 Å². The number of nitrogens with zero attached hydrogens (tertiary/aromatic N) is 3. The second-order valence-electron chi connectivity index (χ2n) is 6.77. The number of piperidine rings is 1. The predicted octanol–water partition coefficient (Wildman–Crippen LogP) is 2.30. The van der Waals surface area contributed by atoms with E-state index in [1.807, 2.05) is 30.3 Å². The van der Waals surface area contributed by atoms with E-state index >= 15 is 0 Å². The van der Waals surface area contributed by atoms with Crippen LogP contribution in [0.5, 0.6) is 0 Å². The maximum absolute atomic E-state index is 13.0. The Bertz CT molecular complexity index is 704. The Morgan fingerprint density at radius 3 is 2.56 bits per heavy atom. The van der Waals surface area contributed by atoms with Crippen LogP contribution in [-0.4, -0.2) is 40.7 Å². The molecule has 25 heavy (non-hydrogen) atoms. The Kier molecular flexibility index (Phi) is 5.48. The summed E-state index contributed by atoms with van der Waals surface area (Å²) in [7, 11) is 3.65. The van der Waals surface area contributed by atoms with Gasteiger partial charge in [-0.2, -0.15) is 5.10 Å². The van der Waals surface area contributed by atoms with E-state index in [2.05, 4.69) is 10.4 Å². The van der Waals surface area contributed by atoms with Crippen molar-refractivity contribution in [3.8, 4) is 0 Å². The summed E-state index contributed by atoms with van der Waals surface area (Å²) in [5.74, 6) is 0.453. The highest BCUT2D eigenvalue weighted by atomic mass is 19.1. The summed E-state index contributed by atoms with van der Waals surface area (Å²) in [6, 6.07) is 6.39. The molecule has 1 amide bonds. The van der Waals surface area contributed by atoms with Gasteiger partial charge in [0.25, 0.3) is 0 Å². The van der Waals surface area contributed by atoms with Crippen molar-refractivity contribution in [2.24, 2.45) is 13.0 Å². The number of rotatable bonds is 5. The molecule has 1 aliphatic heterocycles. The number of amides is 1. The predicted molar refractivity (Wildman–Crippen MR) is 94.4 cm³/mol. The van der Waals surface area contributed by atoms with Crippen molar-refractivity contribution in [1.29, 1.82) is 0 Å². The molecule has 0 radical (unpaired) electrons. The highest BCUT2D eigenvalue weighted by Crippen LogP contribution is 2.24. The van der Waals surface area contributed by atoms with Crippen LogP contribution in [0.2, 0.25) is 0 Å². The summed E-state index contributed by atoms with van der Waals surface area (Å²) in [5.41, 5.74) is 2.05. The minimum absolute atomic E-state index is 0.107. The summed E-state index contributed by atoms with van der Waals surface area (Å²) in [5, 5.41) is 7.26. The summed E-state index contributed by atoms with van der Waals surface area (Å²) in [6.45, 7) is 1.53. The molecule has 0 saturated carbocycles. The number of aryl methyl sites for hydroxylation is 1. The first kappa shape index (κ1) is 17.6. The Balaban J connectivity index is 1.55. The third-order valence-electron chi connectivity index (χ3n) is 4.96. The van der Waals surface area contributed by atoms with Gasteiger partial charge in [-0.1, -0.05) is 12.1 Å². The molecule has 0 aliphatic carbocycles. The zero-order valence-electron chi connectivity index (χ0n) is 14.8. The van der Waals surface area contributed by atoms with E-state index in [-0.39, 0.29) is 17.8 Å². The lowest BCUT2D eigenvalue weighted by atomic mass is 9.90. The van der Waals surface area contributed by atoms with Gasteiger partial charge in [-0.05, 0) is 49.9 Å². The zero-order valence-corrected chi connectivity index (χ0v) is 14.8. The third-order valence-corrected chi connectivity index (χ3v) is 4.96. The highest BCUT2D eigenvalue weighted by molar-refractivity contribution is 5.83. The molecule has 5 nitrogen and oxygen atoms in total. The second kappa shape index (κ2) is 7.78. The third kappa shape index (κ3) is 4.25. The number of benzene rings is 1. The Labute approximate surface area is 147 Å². The van der Waals surface area contributed by atoms with Gasteiger partial charge >= 0.3 is 0 Å². The van der Waals surface area contributed by atoms with Gasteiger partial charge in [-0.25, -0.2) is 4.39 Å². The van der Waals surface area contributed by atoms with Crippen LogP contribution in [-0.2, 0) is 18.3 Å². The van der Waals surface area contributed by atoms with Gasteiger partial charge in [0.15, 0.2) is 0 Å². The van der Waals surface area contributed by atoms with E-state index in [1.54, 1.807) is 17.9 Å². The average Bonchev–Trinajstić information content (AvgIpc) is 3.04. The molecule has 6 heteroatoms. The van der Waals surface area contributed by atoms with Gasteiger partial charge in [0.05, 0.1) is 6.20 Å². The van der Waals surface area contributed by atoms with Crippen LogP contribution in [0.3, 0.4) is 0 Å². The Hall–Kier alpha value is -2.21. The van der Waals surface area contributed by atoms with Crippen LogP contribution in [0.1, 0.15) is 30.0 Å². The number of carbonyl (C=O) groups excluding carboxylic acids is 1. The number of hydrogen-bond acceptors (Lipinski definition) is 3. The molecule has 1 saturated heterocycles. The Morgan fingerprint density at radius 1 is 1.32 bits per heavy atom. The molecule has 1 aromatic carbocycles. The fourth-order valence-corrected chi connectivity index (χ4v) is 3.52. The standard InChI is InChI=1S/C19H25FN4O/c1-21-18(16-12-22-23(2)13-16)19(25)24-9-7-15(8-10-24)11-14-3-5-17(20)6-4-14/h3-6,12-13,15,18,21H,7-11H2,1-2H3. The summed E-state index contributed by atoms with van der Waals surface area (Å²) < 4.78 is 14.7. The van der Waals surface area contributed by atoms with E-state index in [0.717, 1.165) is 43.5 Å². The van der Waals surface area contributed by atoms with Crippen molar-refractivity contribution in [3.05, 3.63) is 53.6 Å². The number of nitrogens with one attached hydrogen (secondary N) is 1. The molecule has 2 heterocycles. The van der Waals surface area contributed by atoms with Gasteiger partial charge in [0.1, 0.15) is 11.9 Å². The summed E-state index contributed by atoms with van der Waals surface area (Å²) >= 11 is 0. The highest BCUT2D eigenvalue weighted by Gasteiger charge is 2.29. The van der Waals surface area contributed by atoms with Crippen LogP contribution in [0.4, 0.5) is 4.39 Å². The first-order valence-corrected chi connectivity index (χ1v) is 8.76. The monoisotopic (exact) mass is 344 g/mol. The smallest absolute Gasteiger partial charge is 0.244 e. The second-order valence-corrected chi connectivity index (χ2v) is 6.77. The number of halogens is 1. The molecule has 1 atom stereocenters. The van der Waals surface area contributed by atoms with Crippen LogP contribution in [0.25, 0.3) is 0 Å². The maximum atomic E-state index is 13.0. The van der Waals surface area contributed by atoms with E-state index < -0.39 is 0 Å². The average molecular weight is 344 g/mol. The van der Waals surface area contributed by atoms with Crippen LogP contribution in [0, 0.1) is 11.7 Å². The normalized spacial score (nSPS) is 16.8. The maximum Gasteiger partial charge on any atom is 0.244 e. The minimum atomic E-state index is -0.345. The lowest BCUT2D eigenvalue weighted by Crippen LogP contribution is -2.44. The molecular formula is C19H25FN4O. The molecule has 2 aromatic rings. The lowest BCUT2D eigenvalue weighted by Gasteiger charge is -2.34. The van der Waals surface area contributed by atoms with Gasteiger partial charge in [0.2, 0.25) is 5.91 Å².